The SMILES string of the molecule is CC(C)Cn1ccc2ccc(C(=O)N[C@@H](C)c3cccc(C(C)(C)C)c3)cc21. The second-order valence-corrected chi connectivity index (χ2v) is 9.21. The molecule has 0 spiro atoms. The maximum Gasteiger partial charge on any atom is 0.251 e. The van der Waals surface area contributed by atoms with Gasteiger partial charge in [0, 0.05) is 23.8 Å². The highest BCUT2D eigenvalue weighted by atomic mass is 16.1. The third-order valence-electron chi connectivity index (χ3n) is 5.20. The predicted molar refractivity (Wildman–Crippen MR) is 118 cm³/mol. The van der Waals surface area contributed by atoms with Crippen LogP contribution in [0.5, 0.6) is 0 Å². The Morgan fingerprint density at radius 3 is 2.46 bits per heavy atom. The van der Waals surface area contributed by atoms with E-state index in [4.69, 9.17) is 0 Å². The van der Waals surface area contributed by atoms with E-state index in [0.717, 1.165) is 17.6 Å². The normalized spacial score (nSPS) is 13.1. The molecule has 1 aromatic heterocycles. The zero-order valence-electron chi connectivity index (χ0n) is 17.9. The molecule has 2 aromatic carbocycles. The minimum Gasteiger partial charge on any atom is -0.347 e. The monoisotopic (exact) mass is 376 g/mol. The molecule has 0 unspecified atom stereocenters. The van der Waals surface area contributed by atoms with E-state index >= 15 is 0 Å². The Labute approximate surface area is 168 Å². The number of hydrogen-bond donors (Lipinski definition) is 1. The van der Waals surface area contributed by atoms with Gasteiger partial charge in [-0.15, -0.1) is 0 Å². The first-order valence-corrected chi connectivity index (χ1v) is 10.2. The number of aromatic nitrogens is 1. The Hall–Kier alpha value is -2.55. The van der Waals surface area contributed by atoms with Crippen LogP contribution in [0.3, 0.4) is 0 Å². The van der Waals surface area contributed by atoms with Crippen LogP contribution in [0, 0.1) is 5.92 Å². The summed E-state index contributed by atoms with van der Waals surface area (Å²) in [6.45, 7) is 14.0. The first kappa shape index (κ1) is 20.2. The third-order valence-corrected chi connectivity index (χ3v) is 5.20. The molecule has 1 atom stereocenters. The molecule has 0 aliphatic heterocycles. The summed E-state index contributed by atoms with van der Waals surface area (Å²) in [6, 6.07) is 16.5. The summed E-state index contributed by atoms with van der Waals surface area (Å²) in [7, 11) is 0. The number of benzene rings is 2. The molecule has 1 N–H and O–H groups in total. The zero-order chi connectivity index (χ0) is 20.5. The van der Waals surface area contributed by atoms with Gasteiger partial charge in [0.05, 0.1) is 6.04 Å². The summed E-state index contributed by atoms with van der Waals surface area (Å²) in [4.78, 5) is 12.9. The highest BCUT2D eigenvalue weighted by Gasteiger charge is 2.17. The number of nitrogens with one attached hydrogen (secondary N) is 1. The lowest BCUT2D eigenvalue weighted by Gasteiger charge is -2.22. The third kappa shape index (κ3) is 4.46. The number of carbonyl (C=O) groups excluding carboxylic acids is 1. The fourth-order valence-electron chi connectivity index (χ4n) is 3.52. The van der Waals surface area contributed by atoms with Gasteiger partial charge in [-0.05, 0) is 53.0 Å². The molecule has 148 valence electrons. The molecule has 3 nitrogen and oxygen atoms in total. The Morgan fingerprint density at radius 1 is 1.04 bits per heavy atom. The van der Waals surface area contributed by atoms with Gasteiger partial charge in [0.15, 0.2) is 0 Å². The lowest BCUT2D eigenvalue weighted by molar-refractivity contribution is 0.0940. The van der Waals surface area contributed by atoms with E-state index in [9.17, 15) is 4.79 Å². The second-order valence-electron chi connectivity index (χ2n) is 9.21. The van der Waals surface area contributed by atoms with Crippen LogP contribution in [0.2, 0.25) is 0 Å². The van der Waals surface area contributed by atoms with Gasteiger partial charge >= 0.3 is 0 Å². The summed E-state index contributed by atoms with van der Waals surface area (Å²) in [5.41, 5.74) is 4.31. The fourth-order valence-corrected chi connectivity index (χ4v) is 3.52. The Bertz CT molecular complexity index is 976. The van der Waals surface area contributed by atoms with Crippen molar-refractivity contribution in [3.8, 4) is 0 Å². The minimum absolute atomic E-state index is 0.0344. The first-order valence-electron chi connectivity index (χ1n) is 10.2. The molecule has 0 fully saturated rings. The molecule has 28 heavy (non-hydrogen) atoms. The molecular formula is C25H32N2O. The molecule has 0 saturated carbocycles. The van der Waals surface area contributed by atoms with E-state index in [0.29, 0.717) is 11.5 Å². The standard InChI is InChI=1S/C25H32N2O/c1-17(2)16-27-13-12-19-10-11-21(15-23(19)27)24(28)26-18(3)20-8-7-9-22(14-20)25(4,5)6/h7-15,17-18H,16H2,1-6H3,(H,26,28)/t18-/m0/s1. The fraction of sp³-hybridized carbons (Fsp3) is 0.400. The summed E-state index contributed by atoms with van der Waals surface area (Å²) >= 11 is 0. The van der Waals surface area contributed by atoms with Gasteiger partial charge in [0.25, 0.3) is 5.91 Å². The largest absolute Gasteiger partial charge is 0.347 e. The summed E-state index contributed by atoms with van der Waals surface area (Å²) in [5.74, 6) is 0.524. The Morgan fingerprint density at radius 2 is 1.79 bits per heavy atom. The average molecular weight is 377 g/mol. The van der Waals surface area contributed by atoms with Gasteiger partial charge in [0.2, 0.25) is 0 Å². The van der Waals surface area contributed by atoms with Gasteiger partial charge in [0.1, 0.15) is 0 Å². The van der Waals surface area contributed by atoms with E-state index in [-0.39, 0.29) is 17.4 Å². The van der Waals surface area contributed by atoms with Crippen LogP contribution in [-0.4, -0.2) is 10.5 Å². The van der Waals surface area contributed by atoms with Gasteiger partial charge in [-0.25, -0.2) is 0 Å². The molecule has 1 amide bonds. The maximum absolute atomic E-state index is 12.9. The minimum atomic E-state index is -0.0482. The topological polar surface area (TPSA) is 34.0 Å². The van der Waals surface area contributed by atoms with Crippen LogP contribution >= 0.6 is 0 Å². The zero-order valence-corrected chi connectivity index (χ0v) is 17.9. The van der Waals surface area contributed by atoms with Crippen molar-refractivity contribution in [2.75, 3.05) is 0 Å². The Balaban J connectivity index is 1.81. The number of fused-ring (bicyclic) bond motifs is 1. The quantitative estimate of drug-likeness (QED) is 0.575. The number of rotatable bonds is 5. The molecule has 0 radical (unpaired) electrons. The summed E-state index contributed by atoms with van der Waals surface area (Å²) in [6.07, 6.45) is 2.10. The lowest BCUT2D eigenvalue weighted by Crippen LogP contribution is -2.27. The molecule has 3 aromatic rings. The van der Waals surface area contributed by atoms with E-state index in [2.05, 4.69) is 81.0 Å². The maximum atomic E-state index is 12.9. The van der Waals surface area contributed by atoms with Crippen molar-refractivity contribution in [3.05, 3.63) is 71.4 Å². The molecule has 0 aliphatic carbocycles. The first-order chi connectivity index (χ1) is 13.1. The Kier molecular flexibility index (Phi) is 5.64. The summed E-state index contributed by atoms with van der Waals surface area (Å²) < 4.78 is 2.23. The van der Waals surface area contributed by atoms with Crippen molar-refractivity contribution in [1.29, 1.82) is 0 Å². The molecule has 3 heteroatoms. The molecule has 0 bridgehead atoms. The smallest absolute Gasteiger partial charge is 0.251 e. The number of nitrogens with zero attached hydrogens (tertiary/aromatic N) is 1. The van der Waals surface area contributed by atoms with E-state index in [1.807, 2.05) is 25.1 Å². The predicted octanol–water partition coefficient (Wildman–Crippen LogP) is 6.09. The van der Waals surface area contributed by atoms with E-state index in [1.165, 1.54) is 10.9 Å². The van der Waals surface area contributed by atoms with E-state index in [1.54, 1.807) is 0 Å². The second kappa shape index (κ2) is 7.83. The average Bonchev–Trinajstić information content (AvgIpc) is 3.02. The molecule has 0 aliphatic rings. The lowest BCUT2D eigenvalue weighted by atomic mass is 9.85. The van der Waals surface area contributed by atoms with Crippen molar-refractivity contribution >= 4 is 16.8 Å². The highest BCUT2D eigenvalue weighted by Crippen LogP contribution is 2.25. The van der Waals surface area contributed by atoms with Crippen LogP contribution in [0.15, 0.2) is 54.7 Å². The molecule has 0 saturated heterocycles. The number of carbonyl (C=O) groups is 1. The number of amides is 1. The van der Waals surface area contributed by atoms with Crippen molar-refractivity contribution in [2.24, 2.45) is 5.92 Å². The van der Waals surface area contributed by atoms with Crippen LogP contribution in [-0.2, 0) is 12.0 Å². The van der Waals surface area contributed by atoms with Gasteiger partial charge < -0.3 is 9.88 Å². The van der Waals surface area contributed by atoms with E-state index < -0.39 is 0 Å². The van der Waals surface area contributed by atoms with Gasteiger partial charge in [-0.1, -0.05) is 65.0 Å². The summed E-state index contributed by atoms with van der Waals surface area (Å²) in [5, 5.41) is 4.33. The van der Waals surface area contributed by atoms with Crippen LogP contribution < -0.4 is 5.32 Å². The highest BCUT2D eigenvalue weighted by molar-refractivity contribution is 5.98. The molecule has 3 rings (SSSR count). The molecule has 1 heterocycles. The van der Waals surface area contributed by atoms with Crippen molar-refractivity contribution in [3.63, 3.8) is 0 Å². The molecular weight excluding hydrogens is 344 g/mol. The van der Waals surface area contributed by atoms with Crippen LogP contribution in [0.1, 0.15) is 69.1 Å². The van der Waals surface area contributed by atoms with Crippen molar-refractivity contribution in [2.45, 2.75) is 59.5 Å². The number of hydrogen-bond acceptors (Lipinski definition) is 1. The van der Waals surface area contributed by atoms with Crippen molar-refractivity contribution in [1.82, 2.24) is 9.88 Å². The van der Waals surface area contributed by atoms with Gasteiger partial charge in [-0.3, -0.25) is 4.79 Å². The van der Waals surface area contributed by atoms with Crippen LogP contribution in [0.25, 0.3) is 10.9 Å². The van der Waals surface area contributed by atoms with Crippen LogP contribution in [0.4, 0.5) is 0 Å². The van der Waals surface area contributed by atoms with Gasteiger partial charge in [-0.2, -0.15) is 0 Å². The van der Waals surface area contributed by atoms with Crippen molar-refractivity contribution < 1.29 is 4.79 Å².